The van der Waals surface area contributed by atoms with Gasteiger partial charge in [-0.3, -0.25) is 0 Å². The van der Waals surface area contributed by atoms with E-state index in [0.29, 0.717) is 0 Å². The molecule has 3 aromatic heterocycles. The number of furan rings is 3. The molecule has 10 aromatic carbocycles. The van der Waals surface area contributed by atoms with Crippen LogP contribution in [0.4, 0.5) is 17.1 Å². The van der Waals surface area contributed by atoms with Crippen molar-refractivity contribution in [3.8, 4) is 22.3 Å². The molecular formula is C56H33NO3. The van der Waals surface area contributed by atoms with Crippen molar-refractivity contribution in [3.63, 3.8) is 0 Å². The fourth-order valence-electron chi connectivity index (χ4n) is 9.46. The highest BCUT2D eigenvalue weighted by atomic mass is 16.3. The van der Waals surface area contributed by atoms with Gasteiger partial charge in [-0.05, 0) is 106 Å². The summed E-state index contributed by atoms with van der Waals surface area (Å²) in [5.41, 5.74) is 12.8. The predicted molar refractivity (Wildman–Crippen MR) is 249 cm³/mol. The number of hydrogen-bond acceptors (Lipinski definition) is 4. The highest BCUT2D eigenvalue weighted by Gasteiger charge is 2.22. The lowest BCUT2D eigenvalue weighted by molar-refractivity contribution is 0.669. The van der Waals surface area contributed by atoms with E-state index in [1.807, 2.05) is 12.1 Å². The lowest BCUT2D eigenvalue weighted by atomic mass is 9.97. The smallest absolute Gasteiger partial charge is 0.143 e. The summed E-state index contributed by atoms with van der Waals surface area (Å²) in [5, 5.41) is 11.2. The summed E-state index contributed by atoms with van der Waals surface area (Å²) < 4.78 is 19.6. The molecule has 0 atom stereocenters. The van der Waals surface area contributed by atoms with Crippen LogP contribution >= 0.6 is 0 Å². The van der Waals surface area contributed by atoms with Crippen LogP contribution in [-0.4, -0.2) is 0 Å². The summed E-state index contributed by atoms with van der Waals surface area (Å²) in [7, 11) is 0. The van der Waals surface area contributed by atoms with Gasteiger partial charge in [-0.15, -0.1) is 0 Å². The molecule has 0 unspecified atom stereocenters. The van der Waals surface area contributed by atoms with E-state index in [2.05, 4.69) is 193 Å². The molecule has 13 aromatic rings. The van der Waals surface area contributed by atoms with Crippen LogP contribution in [0.25, 0.3) is 110 Å². The topological polar surface area (TPSA) is 42.7 Å². The van der Waals surface area contributed by atoms with Gasteiger partial charge in [-0.25, -0.2) is 0 Å². The molecule has 0 N–H and O–H groups in total. The minimum atomic E-state index is 0.845. The lowest BCUT2D eigenvalue weighted by Gasteiger charge is -2.27. The van der Waals surface area contributed by atoms with Gasteiger partial charge in [-0.1, -0.05) is 127 Å². The molecular weight excluding hydrogens is 735 g/mol. The number of hydrogen-bond donors (Lipinski definition) is 0. The van der Waals surface area contributed by atoms with E-state index >= 15 is 0 Å². The van der Waals surface area contributed by atoms with Gasteiger partial charge in [0.2, 0.25) is 0 Å². The molecule has 4 heteroatoms. The van der Waals surface area contributed by atoms with Crippen LogP contribution in [0.5, 0.6) is 0 Å². The third-order valence-electron chi connectivity index (χ3n) is 12.2. The molecule has 0 amide bonds. The first-order chi connectivity index (χ1) is 29.7. The van der Waals surface area contributed by atoms with E-state index in [0.717, 1.165) is 121 Å². The van der Waals surface area contributed by atoms with Gasteiger partial charge in [0.25, 0.3) is 0 Å². The molecule has 0 bridgehead atoms. The van der Waals surface area contributed by atoms with Crippen molar-refractivity contribution in [1.29, 1.82) is 0 Å². The third kappa shape index (κ3) is 4.91. The SMILES string of the molecule is c1cc(-c2cccc3oc4c5ccccc5ccc4c23)cc(N(c2ccc(-c3ccc4c(c3)oc3ccccc34)cc2)c2cccc3oc4c5ccccc5ccc4c23)c1. The van der Waals surface area contributed by atoms with Crippen LogP contribution in [0.3, 0.4) is 0 Å². The zero-order valence-electron chi connectivity index (χ0n) is 32.2. The van der Waals surface area contributed by atoms with Crippen molar-refractivity contribution >= 4 is 104 Å². The van der Waals surface area contributed by atoms with Crippen LogP contribution in [-0.2, 0) is 0 Å². The van der Waals surface area contributed by atoms with Gasteiger partial charge in [0.15, 0.2) is 0 Å². The summed E-state index contributed by atoms with van der Waals surface area (Å²) in [6.45, 7) is 0. The molecule has 13 rings (SSSR count). The van der Waals surface area contributed by atoms with Gasteiger partial charge in [0.05, 0.1) is 11.1 Å². The normalized spacial score (nSPS) is 12.0. The van der Waals surface area contributed by atoms with E-state index < -0.39 is 0 Å². The molecule has 0 aliphatic rings. The average Bonchev–Trinajstić information content (AvgIpc) is 4.01. The first kappa shape index (κ1) is 32.9. The molecule has 0 radical (unpaired) electrons. The molecule has 0 saturated carbocycles. The average molecular weight is 768 g/mol. The van der Waals surface area contributed by atoms with E-state index in [-0.39, 0.29) is 0 Å². The Morgan fingerprint density at radius 3 is 1.65 bits per heavy atom. The third-order valence-corrected chi connectivity index (χ3v) is 12.2. The standard InChI is InChI=1S/C56H33NO3/c1-3-14-42-35(10-1)24-30-46-53-41(17-8-20-50(53)59-55(42)46)38-12-7-13-40(32-38)57(48-18-9-21-51-54(48)47-31-25-36-11-2-4-15-43(36)56(47)60-51)39-27-22-34(23-28-39)37-26-29-45-44-16-5-6-19-49(44)58-52(45)33-37/h1-33H. The highest BCUT2D eigenvalue weighted by molar-refractivity contribution is 6.21. The summed E-state index contributed by atoms with van der Waals surface area (Å²) in [6.07, 6.45) is 0. The Balaban J connectivity index is 1.00. The number of fused-ring (bicyclic) bond motifs is 13. The maximum atomic E-state index is 6.72. The molecule has 0 spiro atoms. The molecule has 60 heavy (non-hydrogen) atoms. The van der Waals surface area contributed by atoms with Crippen molar-refractivity contribution in [2.45, 2.75) is 0 Å². The predicted octanol–water partition coefficient (Wildman–Crippen LogP) is 16.5. The Morgan fingerprint density at radius 1 is 0.300 bits per heavy atom. The van der Waals surface area contributed by atoms with Crippen molar-refractivity contribution in [1.82, 2.24) is 0 Å². The minimum absolute atomic E-state index is 0.845. The van der Waals surface area contributed by atoms with Crippen molar-refractivity contribution in [2.75, 3.05) is 4.90 Å². The second-order valence-corrected chi connectivity index (χ2v) is 15.6. The fraction of sp³-hybridized carbons (Fsp3) is 0. The minimum Gasteiger partial charge on any atom is -0.456 e. The number of rotatable bonds is 5. The van der Waals surface area contributed by atoms with Gasteiger partial charge in [0, 0.05) is 49.1 Å². The molecule has 0 fully saturated rings. The first-order valence-electron chi connectivity index (χ1n) is 20.3. The molecule has 3 heterocycles. The highest BCUT2D eigenvalue weighted by Crippen LogP contribution is 2.46. The Kier molecular flexibility index (Phi) is 6.98. The van der Waals surface area contributed by atoms with Crippen LogP contribution in [0.2, 0.25) is 0 Å². The Morgan fingerprint density at radius 2 is 0.883 bits per heavy atom. The van der Waals surface area contributed by atoms with Crippen molar-refractivity contribution < 1.29 is 13.3 Å². The van der Waals surface area contributed by atoms with Crippen LogP contribution in [0, 0.1) is 0 Å². The maximum absolute atomic E-state index is 6.72. The molecule has 4 nitrogen and oxygen atoms in total. The first-order valence-corrected chi connectivity index (χ1v) is 20.3. The van der Waals surface area contributed by atoms with Crippen LogP contribution < -0.4 is 4.90 Å². The quantitative estimate of drug-likeness (QED) is 0.175. The summed E-state index contributed by atoms with van der Waals surface area (Å²) >= 11 is 0. The zero-order chi connectivity index (χ0) is 39.3. The number of para-hydroxylation sites is 1. The fourth-order valence-corrected chi connectivity index (χ4v) is 9.46. The zero-order valence-corrected chi connectivity index (χ0v) is 32.2. The number of anilines is 3. The Labute approximate surface area is 343 Å². The molecule has 0 aliphatic heterocycles. The second kappa shape index (κ2) is 12.7. The van der Waals surface area contributed by atoms with Gasteiger partial charge >= 0.3 is 0 Å². The van der Waals surface area contributed by atoms with Crippen molar-refractivity contribution in [2.24, 2.45) is 0 Å². The molecule has 0 aliphatic carbocycles. The lowest BCUT2D eigenvalue weighted by Crippen LogP contribution is -2.10. The maximum Gasteiger partial charge on any atom is 0.143 e. The molecule has 280 valence electrons. The number of nitrogens with zero attached hydrogens (tertiary/aromatic N) is 1. The van der Waals surface area contributed by atoms with E-state index in [4.69, 9.17) is 13.3 Å². The Hall–Kier alpha value is -8.08. The van der Waals surface area contributed by atoms with Gasteiger partial charge in [-0.2, -0.15) is 0 Å². The number of benzene rings is 10. The summed E-state index contributed by atoms with van der Waals surface area (Å²) in [4.78, 5) is 2.36. The second-order valence-electron chi connectivity index (χ2n) is 15.6. The van der Waals surface area contributed by atoms with Gasteiger partial charge < -0.3 is 18.2 Å². The Bertz CT molecular complexity index is 3850. The van der Waals surface area contributed by atoms with Crippen LogP contribution in [0.1, 0.15) is 0 Å². The van der Waals surface area contributed by atoms with E-state index in [9.17, 15) is 0 Å². The van der Waals surface area contributed by atoms with Crippen LogP contribution in [0.15, 0.2) is 213 Å². The molecule has 0 saturated heterocycles. The monoisotopic (exact) mass is 767 g/mol. The summed E-state index contributed by atoms with van der Waals surface area (Å²) in [5.74, 6) is 0. The van der Waals surface area contributed by atoms with Crippen molar-refractivity contribution in [3.05, 3.63) is 200 Å². The van der Waals surface area contributed by atoms with Gasteiger partial charge in [0.1, 0.15) is 33.5 Å². The van der Waals surface area contributed by atoms with E-state index in [1.165, 1.54) is 5.39 Å². The summed E-state index contributed by atoms with van der Waals surface area (Å²) in [6, 6.07) is 70.8. The largest absolute Gasteiger partial charge is 0.456 e. The van der Waals surface area contributed by atoms with E-state index in [1.54, 1.807) is 0 Å².